The van der Waals surface area contributed by atoms with Gasteiger partial charge >= 0.3 is 0 Å². The predicted molar refractivity (Wildman–Crippen MR) is 109 cm³/mol. The van der Waals surface area contributed by atoms with E-state index in [-0.39, 0.29) is 16.9 Å². The Morgan fingerprint density at radius 2 is 1.83 bits per heavy atom. The van der Waals surface area contributed by atoms with E-state index in [9.17, 15) is 9.59 Å². The molecule has 0 N–H and O–H groups in total. The molecule has 0 unspecified atom stereocenters. The third-order valence-corrected chi connectivity index (χ3v) is 7.40. The molecular formula is C22H34N4O3. The Labute approximate surface area is 173 Å². The average molecular weight is 403 g/mol. The van der Waals surface area contributed by atoms with Crippen LogP contribution in [-0.2, 0) is 4.79 Å². The Kier molecular flexibility index (Phi) is 5.21. The molecule has 0 radical (unpaired) electrons. The molecule has 3 aliphatic rings. The van der Waals surface area contributed by atoms with E-state index in [4.69, 9.17) is 4.52 Å². The van der Waals surface area contributed by atoms with Crippen molar-refractivity contribution >= 4 is 11.8 Å². The van der Waals surface area contributed by atoms with Gasteiger partial charge in [0.25, 0.3) is 5.91 Å². The normalized spacial score (nSPS) is 24.2. The summed E-state index contributed by atoms with van der Waals surface area (Å²) in [5.41, 5.74) is 0.0779. The van der Waals surface area contributed by atoms with Crippen LogP contribution >= 0.6 is 0 Å². The minimum Gasteiger partial charge on any atom is -0.361 e. The molecule has 0 atom stereocenters. The number of nitrogens with zero attached hydrogens (tertiary/aromatic N) is 4. The van der Waals surface area contributed by atoms with Crippen LogP contribution in [0.25, 0.3) is 0 Å². The van der Waals surface area contributed by atoms with E-state index in [1.165, 1.54) is 0 Å². The lowest BCUT2D eigenvalue weighted by atomic mass is 9.71. The Morgan fingerprint density at radius 1 is 1.17 bits per heavy atom. The Morgan fingerprint density at radius 3 is 2.38 bits per heavy atom. The fraction of sp³-hybridized carbons (Fsp3) is 0.773. The van der Waals surface area contributed by atoms with Crippen molar-refractivity contribution in [2.24, 2.45) is 11.3 Å². The number of likely N-dealkylation sites (tertiary alicyclic amines) is 3. The van der Waals surface area contributed by atoms with Crippen molar-refractivity contribution in [3.63, 3.8) is 0 Å². The highest BCUT2D eigenvalue weighted by molar-refractivity contribution is 5.92. The molecule has 2 spiro atoms. The first-order chi connectivity index (χ1) is 13.7. The minimum atomic E-state index is -0.197. The van der Waals surface area contributed by atoms with Crippen molar-refractivity contribution in [2.45, 2.75) is 58.4 Å². The maximum Gasteiger partial charge on any atom is 0.276 e. The second-order valence-corrected chi connectivity index (χ2v) is 9.86. The smallest absolute Gasteiger partial charge is 0.276 e. The van der Waals surface area contributed by atoms with Crippen molar-refractivity contribution < 1.29 is 14.1 Å². The van der Waals surface area contributed by atoms with E-state index in [2.05, 4.69) is 23.9 Å². The second kappa shape index (κ2) is 7.42. The molecule has 1 aromatic heterocycles. The van der Waals surface area contributed by atoms with Crippen LogP contribution in [0.1, 0.15) is 62.2 Å². The van der Waals surface area contributed by atoms with Crippen LogP contribution in [-0.4, -0.2) is 77.0 Å². The standard InChI is InChI=1S/C22H34N4O3/c1-16(2)14-25-9-5-21(6-10-25)15-22(24(4)20(21)28)7-11-26(12-8-22)19(27)18-13-17(3)29-23-18/h13,16H,5-12,14-15H2,1-4H3. The molecule has 4 rings (SSSR count). The van der Waals surface area contributed by atoms with Gasteiger partial charge in [-0.3, -0.25) is 9.59 Å². The van der Waals surface area contributed by atoms with Crippen molar-refractivity contribution in [3.8, 4) is 0 Å². The molecule has 2 amide bonds. The van der Waals surface area contributed by atoms with Crippen LogP contribution in [0.5, 0.6) is 0 Å². The van der Waals surface area contributed by atoms with Gasteiger partial charge in [-0.25, -0.2) is 0 Å². The Bertz CT molecular complexity index is 771. The van der Waals surface area contributed by atoms with Gasteiger partial charge in [-0.05, 0) is 58.0 Å². The van der Waals surface area contributed by atoms with E-state index < -0.39 is 0 Å². The van der Waals surface area contributed by atoms with E-state index in [1.807, 2.05) is 16.8 Å². The first-order valence-corrected chi connectivity index (χ1v) is 11.0. The number of hydrogen-bond acceptors (Lipinski definition) is 5. The summed E-state index contributed by atoms with van der Waals surface area (Å²) in [4.78, 5) is 32.4. The number of amides is 2. The molecule has 7 heteroatoms. The summed E-state index contributed by atoms with van der Waals surface area (Å²) in [7, 11) is 1.98. The maximum absolute atomic E-state index is 13.3. The van der Waals surface area contributed by atoms with Gasteiger partial charge in [0, 0.05) is 38.3 Å². The molecule has 7 nitrogen and oxygen atoms in total. The molecule has 1 aromatic rings. The first kappa shape index (κ1) is 20.4. The predicted octanol–water partition coefficient (Wildman–Crippen LogP) is 2.56. The van der Waals surface area contributed by atoms with E-state index in [0.29, 0.717) is 36.4 Å². The maximum atomic E-state index is 13.3. The van der Waals surface area contributed by atoms with Crippen LogP contribution < -0.4 is 0 Å². The molecule has 4 heterocycles. The van der Waals surface area contributed by atoms with Crippen LogP contribution in [0.2, 0.25) is 0 Å². The fourth-order valence-corrected chi connectivity index (χ4v) is 5.73. The second-order valence-electron chi connectivity index (χ2n) is 9.86. The molecule has 0 aromatic carbocycles. The molecular weight excluding hydrogens is 368 g/mol. The van der Waals surface area contributed by atoms with E-state index in [0.717, 1.165) is 51.7 Å². The molecule has 3 saturated heterocycles. The van der Waals surface area contributed by atoms with Gasteiger partial charge in [-0.1, -0.05) is 19.0 Å². The van der Waals surface area contributed by atoms with Gasteiger partial charge < -0.3 is 19.2 Å². The number of piperidine rings is 2. The number of carbonyl (C=O) groups is 2. The van der Waals surface area contributed by atoms with Crippen LogP contribution in [0, 0.1) is 18.3 Å². The summed E-state index contributed by atoms with van der Waals surface area (Å²) in [5.74, 6) is 1.57. The third-order valence-electron chi connectivity index (χ3n) is 7.40. The molecule has 160 valence electrons. The quantitative estimate of drug-likeness (QED) is 0.777. The summed E-state index contributed by atoms with van der Waals surface area (Å²) in [6, 6.07) is 1.69. The summed E-state index contributed by atoms with van der Waals surface area (Å²) < 4.78 is 5.05. The number of aromatic nitrogens is 1. The van der Waals surface area contributed by atoms with Crippen molar-refractivity contribution in [2.75, 3.05) is 39.8 Å². The van der Waals surface area contributed by atoms with Crippen LogP contribution in [0.15, 0.2) is 10.6 Å². The zero-order chi connectivity index (χ0) is 20.8. The average Bonchev–Trinajstić information content (AvgIpc) is 3.21. The summed E-state index contributed by atoms with van der Waals surface area (Å²) in [6.07, 6.45) is 4.55. The Hall–Kier alpha value is -1.89. The SMILES string of the molecule is Cc1cc(C(=O)N2CCC3(CC2)CC2(CCN(CC(C)C)CC2)C(=O)N3C)no1. The largest absolute Gasteiger partial charge is 0.361 e. The van der Waals surface area contributed by atoms with Gasteiger partial charge in [0.1, 0.15) is 5.76 Å². The van der Waals surface area contributed by atoms with Gasteiger partial charge in [0.15, 0.2) is 5.69 Å². The lowest BCUT2D eigenvalue weighted by Gasteiger charge is -2.44. The molecule has 3 fully saturated rings. The molecule has 29 heavy (non-hydrogen) atoms. The van der Waals surface area contributed by atoms with Gasteiger partial charge in [0.05, 0.1) is 5.41 Å². The van der Waals surface area contributed by atoms with E-state index in [1.54, 1.807) is 13.0 Å². The topological polar surface area (TPSA) is 69.9 Å². The van der Waals surface area contributed by atoms with Gasteiger partial charge in [0.2, 0.25) is 5.91 Å². The van der Waals surface area contributed by atoms with Crippen LogP contribution in [0.3, 0.4) is 0 Å². The fourth-order valence-electron chi connectivity index (χ4n) is 5.73. The van der Waals surface area contributed by atoms with Crippen molar-refractivity contribution in [3.05, 3.63) is 17.5 Å². The first-order valence-electron chi connectivity index (χ1n) is 11.0. The molecule has 3 aliphatic heterocycles. The van der Waals surface area contributed by atoms with E-state index >= 15 is 0 Å². The molecule has 0 bridgehead atoms. The zero-order valence-corrected chi connectivity index (χ0v) is 18.2. The Balaban J connectivity index is 1.41. The monoisotopic (exact) mass is 402 g/mol. The highest BCUT2D eigenvalue weighted by Crippen LogP contribution is 2.52. The lowest BCUT2D eigenvalue weighted by molar-refractivity contribution is -0.139. The van der Waals surface area contributed by atoms with Crippen molar-refractivity contribution in [1.82, 2.24) is 19.9 Å². The lowest BCUT2D eigenvalue weighted by Crippen LogP contribution is -2.52. The molecule has 0 saturated carbocycles. The number of rotatable bonds is 3. The number of carbonyl (C=O) groups excluding carboxylic acids is 2. The minimum absolute atomic E-state index is 0.0691. The van der Waals surface area contributed by atoms with Gasteiger partial charge in [-0.15, -0.1) is 0 Å². The highest BCUT2D eigenvalue weighted by atomic mass is 16.5. The third kappa shape index (κ3) is 3.58. The summed E-state index contributed by atoms with van der Waals surface area (Å²) in [6.45, 7) is 10.8. The van der Waals surface area contributed by atoms with Gasteiger partial charge in [-0.2, -0.15) is 0 Å². The zero-order valence-electron chi connectivity index (χ0n) is 18.2. The molecule has 0 aliphatic carbocycles. The number of hydrogen-bond donors (Lipinski definition) is 0. The summed E-state index contributed by atoms with van der Waals surface area (Å²) >= 11 is 0. The number of aryl methyl sites for hydroxylation is 1. The summed E-state index contributed by atoms with van der Waals surface area (Å²) in [5, 5.41) is 3.87. The highest BCUT2D eigenvalue weighted by Gasteiger charge is 2.58. The van der Waals surface area contributed by atoms with Crippen LogP contribution in [0.4, 0.5) is 0 Å². The van der Waals surface area contributed by atoms with Crippen molar-refractivity contribution in [1.29, 1.82) is 0 Å².